The third-order valence-corrected chi connectivity index (χ3v) is 11.2. The lowest BCUT2D eigenvalue weighted by Gasteiger charge is -2.19. The van der Waals surface area contributed by atoms with E-state index in [1.165, 1.54) is 46.2 Å². The van der Waals surface area contributed by atoms with Crippen molar-refractivity contribution >= 4 is 102 Å². The number of thiazole rings is 2. The quantitative estimate of drug-likeness (QED) is 0.227. The first-order valence-electron chi connectivity index (χ1n) is 12.3. The van der Waals surface area contributed by atoms with Crippen LogP contribution in [0.4, 0.5) is 11.4 Å². The minimum Gasteiger partial charge on any atom is -0.274 e. The molecular formula is C28H18N4O4S4. The standard InChI is InChI=1S/C28H18N4O4S4/c33-23-13-21(39-27-29-17-8-1-3-10-19(17)37-27)25(35)31(23)15-6-5-7-16(12-15)32-24(34)14-22(26(32)36)40-28-30-18-9-2-4-11-20(18)38-28/h1-12,21-22H,13-14H2/t21-,22-/m1/s1. The predicted octanol–water partition coefficient (Wildman–Crippen LogP) is 5.75. The van der Waals surface area contributed by atoms with Crippen molar-refractivity contribution in [3.8, 4) is 0 Å². The largest absolute Gasteiger partial charge is 0.274 e. The van der Waals surface area contributed by atoms with Gasteiger partial charge < -0.3 is 0 Å². The zero-order valence-corrected chi connectivity index (χ0v) is 23.8. The molecule has 2 atom stereocenters. The van der Waals surface area contributed by atoms with Gasteiger partial charge in [0.15, 0.2) is 8.68 Å². The second kappa shape index (κ2) is 10.1. The molecule has 0 saturated carbocycles. The van der Waals surface area contributed by atoms with Crippen LogP contribution in [-0.2, 0) is 19.2 Å². The Labute approximate surface area is 244 Å². The number of nitrogens with zero attached hydrogens (tertiary/aromatic N) is 4. The van der Waals surface area contributed by atoms with Gasteiger partial charge in [-0.15, -0.1) is 22.7 Å². The number of hydrogen-bond donors (Lipinski definition) is 0. The van der Waals surface area contributed by atoms with E-state index in [-0.39, 0.29) is 36.5 Å². The highest BCUT2D eigenvalue weighted by atomic mass is 32.2. The van der Waals surface area contributed by atoms with Crippen molar-refractivity contribution in [3.63, 3.8) is 0 Å². The highest BCUT2D eigenvalue weighted by Gasteiger charge is 2.43. The molecule has 4 amide bonds. The van der Waals surface area contributed by atoms with E-state index < -0.39 is 10.5 Å². The molecule has 5 aromatic rings. The number of amides is 4. The van der Waals surface area contributed by atoms with Crippen molar-refractivity contribution in [2.24, 2.45) is 0 Å². The Morgan fingerprint density at radius 2 is 1.07 bits per heavy atom. The van der Waals surface area contributed by atoms with Crippen LogP contribution in [0.3, 0.4) is 0 Å². The van der Waals surface area contributed by atoms with E-state index in [4.69, 9.17) is 0 Å². The van der Waals surface area contributed by atoms with Gasteiger partial charge in [0, 0.05) is 12.8 Å². The Balaban J connectivity index is 1.09. The minimum absolute atomic E-state index is 0.0477. The number of carbonyl (C=O) groups is 4. The van der Waals surface area contributed by atoms with E-state index in [9.17, 15) is 19.2 Å². The number of carbonyl (C=O) groups excluding carboxylic acids is 4. The normalized spacial score (nSPS) is 19.6. The molecule has 12 heteroatoms. The first-order valence-corrected chi connectivity index (χ1v) is 15.7. The molecule has 2 aliphatic heterocycles. The first kappa shape index (κ1) is 25.4. The van der Waals surface area contributed by atoms with E-state index >= 15 is 0 Å². The number of rotatable bonds is 6. The molecule has 0 aliphatic carbocycles. The number of fused-ring (bicyclic) bond motifs is 2. The van der Waals surface area contributed by atoms with Gasteiger partial charge in [-0.3, -0.25) is 19.2 Å². The van der Waals surface area contributed by atoms with Crippen LogP contribution < -0.4 is 9.80 Å². The van der Waals surface area contributed by atoms with Crippen LogP contribution in [0.25, 0.3) is 20.4 Å². The third-order valence-electron chi connectivity index (χ3n) is 6.59. The van der Waals surface area contributed by atoms with Crippen molar-refractivity contribution in [1.29, 1.82) is 0 Å². The van der Waals surface area contributed by atoms with Crippen LogP contribution in [0, 0.1) is 0 Å². The maximum absolute atomic E-state index is 13.3. The van der Waals surface area contributed by atoms with Crippen LogP contribution >= 0.6 is 46.2 Å². The average Bonchev–Trinajstić information content (AvgIpc) is 3.68. The molecule has 2 aromatic heterocycles. The highest BCUT2D eigenvalue weighted by Crippen LogP contribution is 2.40. The summed E-state index contributed by atoms with van der Waals surface area (Å²) in [5.74, 6) is -1.34. The van der Waals surface area contributed by atoms with Crippen LogP contribution in [-0.4, -0.2) is 44.1 Å². The molecule has 0 unspecified atom stereocenters. The monoisotopic (exact) mass is 602 g/mol. The summed E-state index contributed by atoms with van der Waals surface area (Å²) in [5, 5.41) is -1.19. The Kier molecular flexibility index (Phi) is 6.42. The molecule has 0 bridgehead atoms. The van der Waals surface area contributed by atoms with E-state index in [0.717, 1.165) is 38.9 Å². The van der Waals surface area contributed by atoms with Gasteiger partial charge in [-0.2, -0.15) is 0 Å². The summed E-state index contributed by atoms with van der Waals surface area (Å²) in [6, 6.07) is 22.0. The molecular weight excluding hydrogens is 585 g/mol. The van der Waals surface area contributed by atoms with Gasteiger partial charge >= 0.3 is 0 Å². The van der Waals surface area contributed by atoms with Gasteiger partial charge in [-0.25, -0.2) is 19.8 Å². The molecule has 0 spiro atoms. The molecule has 2 aliphatic rings. The van der Waals surface area contributed by atoms with Crippen molar-refractivity contribution in [2.45, 2.75) is 32.0 Å². The van der Waals surface area contributed by atoms with Gasteiger partial charge in [0.2, 0.25) is 23.6 Å². The number of aromatic nitrogens is 2. The Morgan fingerprint density at radius 1 is 0.625 bits per heavy atom. The SMILES string of the molecule is O=C1C[C@@H](Sc2nc3ccccc3s2)C(=O)N1c1cccc(N2C(=O)C[C@@H](Sc3nc4ccccc4s3)C2=O)c1. The number of imide groups is 2. The molecule has 40 heavy (non-hydrogen) atoms. The fourth-order valence-electron chi connectivity index (χ4n) is 4.75. The van der Waals surface area contributed by atoms with E-state index in [1.807, 2.05) is 48.5 Å². The summed E-state index contributed by atoms with van der Waals surface area (Å²) < 4.78 is 3.50. The maximum atomic E-state index is 13.3. The maximum Gasteiger partial charge on any atom is 0.247 e. The lowest BCUT2D eigenvalue weighted by Crippen LogP contribution is -2.33. The topological polar surface area (TPSA) is 101 Å². The van der Waals surface area contributed by atoms with Crippen LogP contribution in [0.5, 0.6) is 0 Å². The number of hydrogen-bond acceptors (Lipinski definition) is 10. The summed E-state index contributed by atoms with van der Waals surface area (Å²) >= 11 is 5.55. The van der Waals surface area contributed by atoms with E-state index in [0.29, 0.717) is 11.4 Å². The Bertz CT molecular complexity index is 1660. The predicted molar refractivity (Wildman–Crippen MR) is 159 cm³/mol. The van der Waals surface area contributed by atoms with Gasteiger partial charge in [-0.05, 0) is 42.5 Å². The van der Waals surface area contributed by atoms with Crippen LogP contribution in [0.1, 0.15) is 12.8 Å². The molecule has 2 fully saturated rings. The average molecular weight is 603 g/mol. The lowest BCUT2D eigenvalue weighted by molar-refractivity contribution is -0.122. The number of anilines is 2. The molecule has 7 rings (SSSR count). The van der Waals surface area contributed by atoms with Gasteiger partial charge in [-0.1, -0.05) is 53.9 Å². The summed E-state index contributed by atoms with van der Waals surface area (Å²) in [7, 11) is 0. The number of para-hydroxylation sites is 2. The fourth-order valence-corrected chi connectivity index (χ4v) is 9.42. The minimum atomic E-state index is -0.596. The Morgan fingerprint density at radius 3 is 1.52 bits per heavy atom. The Hall–Kier alpha value is -3.58. The molecule has 0 radical (unpaired) electrons. The third kappa shape index (κ3) is 4.50. The number of benzene rings is 3. The molecule has 8 nitrogen and oxygen atoms in total. The number of thioether (sulfide) groups is 2. The van der Waals surface area contributed by atoms with Crippen LogP contribution in [0.15, 0.2) is 81.5 Å². The van der Waals surface area contributed by atoms with Crippen molar-refractivity contribution in [2.75, 3.05) is 9.80 Å². The second-order valence-corrected chi connectivity index (χ2v) is 14.1. The van der Waals surface area contributed by atoms with Crippen molar-refractivity contribution in [3.05, 3.63) is 72.8 Å². The summed E-state index contributed by atoms with van der Waals surface area (Å²) in [6.45, 7) is 0. The van der Waals surface area contributed by atoms with Gasteiger partial charge in [0.1, 0.15) is 10.5 Å². The van der Waals surface area contributed by atoms with Crippen LogP contribution in [0.2, 0.25) is 0 Å². The van der Waals surface area contributed by atoms with E-state index in [1.54, 1.807) is 24.3 Å². The van der Waals surface area contributed by atoms with Gasteiger partial charge in [0.25, 0.3) is 0 Å². The fraction of sp³-hybridized carbons (Fsp3) is 0.143. The summed E-state index contributed by atoms with van der Waals surface area (Å²) in [6.07, 6.45) is 0.0955. The van der Waals surface area contributed by atoms with Crippen molar-refractivity contribution in [1.82, 2.24) is 9.97 Å². The lowest BCUT2D eigenvalue weighted by atomic mass is 10.2. The smallest absolute Gasteiger partial charge is 0.247 e. The molecule has 3 aromatic carbocycles. The summed E-state index contributed by atoms with van der Waals surface area (Å²) in [4.78, 5) is 64.0. The molecule has 198 valence electrons. The zero-order valence-electron chi connectivity index (χ0n) is 20.6. The molecule has 2 saturated heterocycles. The second-order valence-electron chi connectivity index (χ2n) is 9.17. The molecule has 0 N–H and O–H groups in total. The molecule has 4 heterocycles. The first-order chi connectivity index (χ1) is 19.4. The van der Waals surface area contributed by atoms with Gasteiger partial charge in [0.05, 0.1) is 31.8 Å². The van der Waals surface area contributed by atoms with E-state index in [2.05, 4.69) is 9.97 Å². The van der Waals surface area contributed by atoms with Crippen molar-refractivity contribution < 1.29 is 19.2 Å². The highest BCUT2D eigenvalue weighted by molar-refractivity contribution is 8.02. The zero-order chi connectivity index (χ0) is 27.4. The summed E-state index contributed by atoms with van der Waals surface area (Å²) in [5.41, 5.74) is 2.39.